The lowest BCUT2D eigenvalue weighted by Crippen LogP contribution is -2.14. The second kappa shape index (κ2) is 4.13. The van der Waals surface area contributed by atoms with E-state index in [1.54, 1.807) is 0 Å². The van der Waals surface area contributed by atoms with Crippen molar-refractivity contribution in [2.24, 2.45) is 0 Å². The molecule has 0 saturated carbocycles. The molecule has 0 spiro atoms. The van der Waals surface area contributed by atoms with Crippen LogP contribution in [0.2, 0.25) is 0 Å². The number of hydrogen-bond donors (Lipinski definition) is 2. The Hall–Kier alpha value is -0.830. The van der Waals surface area contributed by atoms with E-state index in [9.17, 15) is 0 Å². The van der Waals surface area contributed by atoms with Gasteiger partial charge in [0, 0.05) is 5.69 Å². The van der Waals surface area contributed by atoms with Crippen LogP contribution in [0.1, 0.15) is 49.2 Å². The number of nitrogens with zero attached hydrogens (tertiary/aromatic N) is 1. The summed E-state index contributed by atoms with van der Waals surface area (Å²) in [6, 6.07) is 0.497. The molecule has 3 nitrogen and oxygen atoms in total. The Morgan fingerprint density at radius 1 is 1.50 bits per heavy atom. The van der Waals surface area contributed by atoms with E-state index in [1.165, 1.54) is 36.2 Å². The number of aromatic amines is 1. The third kappa shape index (κ3) is 1.69. The van der Waals surface area contributed by atoms with Gasteiger partial charge in [-0.15, -0.1) is 0 Å². The molecule has 1 aromatic heterocycles. The minimum Gasteiger partial charge on any atom is -0.309 e. The highest BCUT2D eigenvalue weighted by molar-refractivity contribution is 5.26. The van der Waals surface area contributed by atoms with E-state index in [1.807, 2.05) is 0 Å². The van der Waals surface area contributed by atoms with Gasteiger partial charge in [-0.05, 0) is 38.3 Å². The Kier molecular flexibility index (Phi) is 2.87. The van der Waals surface area contributed by atoms with Crippen molar-refractivity contribution in [2.45, 2.75) is 45.6 Å². The lowest BCUT2D eigenvalue weighted by molar-refractivity contribution is 0.622. The summed E-state index contributed by atoms with van der Waals surface area (Å²) < 4.78 is 0. The Morgan fingerprint density at radius 3 is 3.00 bits per heavy atom. The Balaban J connectivity index is 2.17. The summed E-state index contributed by atoms with van der Waals surface area (Å²) in [6.45, 7) is 5.53. The summed E-state index contributed by atoms with van der Waals surface area (Å²) in [5.74, 6) is 0. The van der Waals surface area contributed by atoms with Crippen LogP contribution in [0.5, 0.6) is 0 Å². The maximum atomic E-state index is 4.43. The molecular weight excluding hydrogens is 174 g/mol. The van der Waals surface area contributed by atoms with Gasteiger partial charge in [0.2, 0.25) is 0 Å². The van der Waals surface area contributed by atoms with Crippen molar-refractivity contribution in [2.75, 3.05) is 6.54 Å². The highest BCUT2D eigenvalue weighted by Gasteiger charge is 2.21. The zero-order chi connectivity index (χ0) is 9.97. The SMILES string of the molecule is CCCc1[nH]nc(C2CCCN2)c1C. The lowest BCUT2D eigenvalue weighted by atomic mass is 10.1. The highest BCUT2D eigenvalue weighted by atomic mass is 15.1. The molecule has 2 rings (SSSR count). The molecule has 3 heteroatoms. The highest BCUT2D eigenvalue weighted by Crippen LogP contribution is 2.25. The molecule has 1 saturated heterocycles. The van der Waals surface area contributed by atoms with Crippen molar-refractivity contribution >= 4 is 0 Å². The Bertz CT molecular complexity index is 297. The van der Waals surface area contributed by atoms with Gasteiger partial charge in [-0.1, -0.05) is 13.3 Å². The van der Waals surface area contributed by atoms with Crippen molar-refractivity contribution in [3.63, 3.8) is 0 Å². The summed E-state index contributed by atoms with van der Waals surface area (Å²) in [6.07, 6.45) is 4.81. The standard InChI is InChI=1S/C11H19N3/c1-3-5-9-8(2)11(14-13-9)10-6-4-7-12-10/h10,12H,3-7H2,1-2H3,(H,13,14). The van der Waals surface area contributed by atoms with Gasteiger partial charge in [0.25, 0.3) is 0 Å². The van der Waals surface area contributed by atoms with Gasteiger partial charge in [-0.2, -0.15) is 5.10 Å². The molecule has 0 aromatic carbocycles. The molecule has 0 radical (unpaired) electrons. The summed E-state index contributed by atoms with van der Waals surface area (Å²) in [5.41, 5.74) is 3.92. The third-order valence-electron chi connectivity index (χ3n) is 3.04. The monoisotopic (exact) mass is 193 g/mol. The minimum atomic E-state index is 0.497. The van der Waals surface area contributed by atoms with E-state index < -0.39 is 0 Å². The second-order valence-corrected chi connectivity index (χ2v) is 4.11. The molecular formula is C11H19N3. The van der Waals surface area contributed by atoms with E-state index in [0.29, 0.717) is 6.04 Å². The third-order valence-corrected chi connectivity index (χ3v) is 3.04. The molecule has 1 aliphatic heterocycles. The normalized spacial score (nSPS) is 21.7. The van der Waals surface area contributed by atoms with Crippen LogP contribution in [0.25, 0.3) is 0 Å². The van der Waals surface area contributed by atoms with Gasteiger partial charge in [-0.25, -0.2) is 0 Å². The molecule has 78 valence electrons. The Labute approximate surface area is 85.3 Å². The molecule has 1 aromatic rings. The fraction of sp³-hybridized carbons (Fsp3) is 0.727. The molecule has 2 N–H and O–H groups in total. The van der Waals surface area contributed by atoms with Gasteiger partial charge < -0.3 is 5.32 Å². The van der Waals surface area contributed by atoms with Crippen molar-refractivity contribution < 1.29 is 0 Å². The molecule has 2 heterocycles. The first-order valence-corrected chi connectivity index (χ1v) is 5.60. The first-order valence-electron chi connectivity index (χ1n) is 5.60. The van der Waals surface area contributed by atoms with Gasteiger partial charge >= 0.3 is 0 Å². The molecule has 1 aliphatic rings. The zero-order valence-corrected chi connectivity index (χ0v) is 9.06. The lowest BCUT2D eigenvalue weighted by Gasteiger charge is -2.07. The topological polar surface area (TPSA) is 40.7 Å². The van der Waals surface area contributed by atoms with Gasteiger partial charge in [0.1, 0.15) is 0 Å². The number of nitrogens with one attached hydrogen (secondary N) is 2. The molecule has 1 atom stereocenters. The molecule has 0 aliphatic carbocycles. The number of H-pyrrole nitrogens is 1. The average Bonchev–Trinajstić information content (AvgIpc) is 2.77. The second-order valence-electron chi connectivity index (χ2n) is 4.11. The van der Waals surface area contributed by atoms with Crippen molar-refractivity contribution in [1.82, 2.24) is 15.5 Å². The van der Waals surface area contributed by atoms with E-state index in [4.69, 9.17) is 0 Å². The molecule has 1 fully saturated rings. The van der Waals surface area contributed by atoms with E-state index in [0.717, 1.165) is 13.0 Å². The fourth-order valence-corrected chi connectivity index (χ4v) is 2.20. The van der Waals surface area contributed by atoms with Crippen LogP contribution in [-0.4, -0.2) is 16.7 Å². The van der Waals surface area contributed by atoms with Crippen LogP contribution < -0.4 is 5.32 Å². The van der Waals surface area contributed by atoms with Gasteiger partial charge in [-0.3, -0.25) is 5.10 Å². The fourth-order valence-electron chi connectivity index (χ4n) is 2.20. The van der Waals surface area contributed by atoms with Crippen LogP contribution in [0.15, 0.2) is 0 Å². The molecule has 0 bridgehead atoms. The van der Waals surface area contributed by atoms with Crippen molar-refractivity contribution in [1.29, 1.82) is 0 Å². The summed E-state index contributed by atoms with van der Waals surface area (Å²) in [5, 5.41) is 11.1. The Morgan fingerprint density at radius 2 is 2.36 bits per heavy atom. The first kappa shape index (κ1) is 9.71. The number of aryl methyl sites for hydroxylation is 1. The first-order chi connectivity index (χ1) is 6.83. The number of rotatable bonds is 3. The van der Waals surface area contributed by atoms with Crippen molar-refractivity contribution in [3.8, 4) is 0 Å². The van der Waals surface area contributed by atoms with Crippen LogP contribution >= 0.6 is 0 Å². The maximum absolute atomic E-state index is 4.43. The summed E-state index contributed by atoms with van der Waals surface area (Å²) in [7, 11) is 0. The predicted octanol–water partition coefficient (Wildman–Crippen LogP) is 2.10. The largest absolute Gasteiger partial charge is 0.309 e. The average molecular weight is 193 g/mol. The van der Waals surface area contributed by atoms with Crippen LogP contribution in [0, 0.1) is 6.92 Å². The van der Waals surface area contributed by atoms with Crippen molar-refractivity contribution in [3.05, 3.63) is 17.0 Å². The zero-order valence-electron chi connectivity index (χ0n) is 9.06. The number of aromatic nitrogens is 2. The smallest absolute Gasteiger partial charge is 0.0823 e. The maximum Gasteiger partial charge on any atom is 0.0823 e. The molecule has 1 unspecified atom stereocenters. The molecule has 14 heavy (non-hydrogen) atoms. The van der Waals surface area contributed by atoms with Gasteiger partial charge in [0.15, 0.2) is 0 Å². The summed E-state index contributed by atoms with van der Waals surface area (Å²) >= 11 is 0. The quantitative estimate of drug-likeness (QED) is 0.771. The van der Waals surface area contributed by atoms with Crippen LogP contribution in [-0.2, 0) is 6.42 Å². The van der Waals surface area contributed by atoms with E-state index >= 15 is 0 Å². The minimum absolute atomic E-state index is 0.497. The predicted molar refractivity (Wildman–Crippen MR) is 57.3 cm³/mol. The summed E-state index contributed by atoms with van der Waals surface area (Å²) in [4.78, 5) is 0. The molecule has 0 amide bonds. The van der Waals surface area contributed by atoms with Crippen LogP contribution in [0.3, 0.4) is 0 Å². The van der Waals surface area contributed by atoms with Crippen LogP contribution in [0.4, 0.5) is 0 Å². The van der Waals surface area contributed by atoms with E-state index in [2.05, 4.69) is 29.4 Å². The number of hydrogen-bond acceptors (Lipinski definition) is 2. The van der Waals surface area contributed by atoms with Gasteiger partial charge in [0.05, 0.1) is 11.7 Å². The van der Waals surface area contributed by atoms with E-state index in [-0.39, 0.29) is 0 Å².